The summed E-state index contributed by atoms with van der Waals surface area (Å²) >= 11 is 0. The predicted molar refractivity (Wildman–Crippen MR) is 82.5 cm³/mol. The molecule has 0 radical (unpaired) electrons. The van der Waals surface area contributed by atoms with Gasteiger partial charge in [-0.1, -0.05) is 29.8 Å². The topological polar surface area (TPSA) is 75.1 Å². The van der Waals surface area contributed by atoms with Crippen molar-refractivity contribution in [2.24, 2.45) is 0 Å². The highest BCUT2D eigenvalue weighted by molar-refractivity contribution is 5.87. The lowest BCUT2D eigenvalue weighted by Gasteiger charge is -2.21. The van der Waals surface area contributed by atoms with Crippen molar-refractivity contribution in [1.29, 1.82) is 0 Å². The van der Waals surface area contributed by atoms with Crippen molar-refractivity contribution in [2.75, 3.05) is 5.32 Å². The summed E-state index contributed by atoms with van der Waals surface area (Å²) in [5, 5.41) is 12.4. The maximum Gasteiger partial charge on any atom is 0.354 e. The molecular weight excluding hydrogens is 266 g/mol. The van der Waals surface area contributed by atoms with Crippen molar-refractivity contribution < 1.29 is 9.90 Å². The van der Waals surface area contributed by atoms with Gasteiger partial charge < -0.3 is 10.4 Å². The molecule has 1 aromatic heterocycles. The molecule has 2 rings (SSSR count). The molecule has 2 N–H and O–H groups in total. The average Bonchev–Trinajstić information content (AvgIpc) is 2.37. The van der Waals surface area contributed by atoms with E-state index < -0.39 is 5.97 Å². The summed E-state index contributed by atoms with van der Waals surface area (Å²) in [6, 6.07) is 9.12. The summed E-state index contributed by atoms with van der Waals surface area (Å²) < 4.78 is 0. The Morgan fingerprint density at radius 3 is 2.29 bits per heavy atom. The quantitative estimate of drug-likeness (QED) is 0.904. The van der Waals surface area contributed by atoms with Crippen molar-refractivity contribution in [3.8, 4) is 11.4 Å². The van der Waals surface area contributed by atoms with Gasteiger partial charge in [0.05, 0.1) is 0 Å². The number of benzene rings is 1. The second-order valence-corrected chi connectivity index (χ2v) is 6.01. The van der Waals surface area contributed by atoms with E-state index in [1.54, 1.807) is 0 Å². The Morgan fingerprint density at radius 2 is 1.76 bits per heavy atom. The van der Waals surface area contributed by atoms with Crippen LogP contribution in [0.4, 0.5) is 5.82 Å². The Kier molecular flexibility index (Phi) is 3.93. The van der Waals surface area contributed by atoms with Crippen LogP contribution < -0.4 is 5.32 Å². The van der Waals surface area contributed by atoms with E-state index in [0.29, 0.717) is 11.6 Å². The molecule has 5 nitrogen and oxygen atoms in total. The van der Waals surface area contributed by atoms with Gasteiger partial charge in [0.1, 0.15) is 5.82 Å². The molecule has 5 heteroatoms. The zero-order chi connectivity index (χ0) is 15.6. The summed E-state index contributed by atoms with van der Waals surface area (Å²) in [5.41, 5.74) is 1.68. The fraction of sp³-hybridized carbons (Fsp3) is 0.312. The normalized spacial score (nSPS) is 11.2. The fourth-order valence-electron chi connectivity index (χ4n) is 1.84. The number of aromatic nitrogens is 2. The van der Waals surface area contributed by atoms with Gasteiger partial charge in [-0.3, -0.25) is 0 Å². The Bertz CT molecular complexity index is 658. The Balaban J connectivity index is 2.49. The lowest BCUT2D eigenvalue weighted by Crippen LogP contribution is -2.27. The summed E-state index contributed by atoms with van der Waals surface area (Å²) in [7, 11) is 0. The molecule has 0 atom stereocenters. The van der Waals surface area contributed by atoms with E-state index in [4.69, 9.17) is 0 Å². The number of aryl methyl sites for hydroxylation is 1. The minimum absolute atomic E-state index is 0.0210. The molecule has 1 heterocycles. The molecule has 0 aliphatic carbocycles. The van der Waals surface area contributed by atoms with E-state index in [2.05, 4.69) is 15.3 Å². The first-order chi connectivity index (χ1) is 9.74. The van der Waals surface area contributed by atoms with Crippen molar-refractivity contribution in [3.63, 3.8) is 0 Å². The summed E-state index contributed by atoms with van der Waals surface area (Å²) in [5.74, 6) is -0.158. The van der Waals surface area contributed by atoms with Gasteiger partial charge >= 0.3 is 5.97 Å². The minimum Gasteiger partial charge on any atom is -0.477 e. The van der Waals surface area contributed by atoms with Gasteiger partial charge in [0.15, 0.2) is 11.5 Å². The highest BCUT2D eigenvalue weighted by Gasteiger charge is 2.15. The van der Waals surface area contributed by atoms with Crippen molar-refractivity contribution in [3.05, 3.63) is 41.6 Å². The Labute approximate surface area is 124 Å². The largest absolute Gasteiger partial charge is 0.477 e. The number of carbonyl (C=O) groups is 1. The van der Waals surface area contributed by atoms with E-state index in [-0.39, 0.29) is 11.2 Å². The van der Waals surface area contributed by atoms with Crippen LogP contribution in [0.2, 0.25) is 0 Å². The number of carboxylic acids is 1. The molecule has 1 aromatic carbocycles. The van der Waals surface area contributed by atoms with Gasteiger partial charge in [-0.2, -0.15) is 0 Å². The van der Waals surface area contributed by atoms with Crippen LogP contribution >= 0.6 is 0 Å². The van der Waals surface area contributed by atoms with Gasteiger partial charge in [0, 0.05) is 17.2 Å². The first-order valence-electron chi connectivity index (χ1n) is 6.72. The molecule has 0 amide bonds. The molecule has 0 spiro atoms. The molecule has 0 saturated heterocycles. The number of anilines is 1. The van der Waals surface area contributed by atoms with Crippen LogP contribution in [0.3, 0.4) is 0 Å². The number of hydrogen-bond donors (Lipinski definition) is 2. The van der Waals surface area contributed by atoms with Crippen LogP contribution in [-0.4, -0.2) is 26.6 Å². The van der Waals surface area contributed by atoms with Crippen molar-refractivity contribution in [1.82, 2.24) is 9.97 Å². The predicted octanol–water partition coefficient (Wildman–Crippen LogP) is 3.36. The van der Waals surface area contributed by atoms with E-state index in [1.807, 2.05) is 52.0 Å². The smallest absolute Gasteiger partial charge is 0.354 e. The Morgan fingerprint density at radius 1 is 1.14 bits per heavy atom. The molecule has 0 fully saturated rings. The zero-order valence-electron chi connectivity index (χ0n) is 12.6. The van der Waals surface area contributed by atoms with Gasteiger partial charge in [0.2, 0.25) is 0 Å². The van der Waals surface area contributed by atoms with Crippen LogP contribution in [0.1, 0.15) is 36.8 Å². The standard InChI is InChI=1S/C16H19N3O2/c1-10-5-7-11(8-6-10)14-17-12(15(20)21)9-13(18-14)19-16(2,3)4/h5-9H,1-4H3,(H,20,21)(H,17,18,19). The number of aromatic carboxylic acids is 1. The van der Waals surface area contributed by atoms with Crippen LogP contribution in [0.15, 0.2) is 30.3 Å². The van der Waals surface area contributed by atoms with Crippen LogP contribution in [0.25, 0.3) is 11.4 Å². The van der Waals surface area contributed by atoms with Gasteiger partial charge in [-0.05, 0) is 27.7 Å². The van der Waals surface area contributed by atoms with E-state index in [9.17, 15) is 9.90 Å². The maximum atomic E-state index is 11.2. The average molecular weight is 285 g/mol. The van der Waals surface area contributed by atoms with Gasteiger partial charge in [-0.25, -0.2) is 14.8 Å². The van der Waals surface area contributed by atoms with Crippen LogP contribution in [0.5, 0.6) is 0 Å². The lowest BCUT2D eigenvalue weighted by atomic mass is 10.1. The Hall–Kier alpha value is -2.43. The second-order valence-electron chi connectivity index (χ2n) is 6.01. The lowest BCUT2D eigenvalue weighted by molar-refractivity contribution is 0.0690. The molecular formula is C16H19N3O2. The highest BCUT2D eigenvalue weighted by Crippen LogP contribution is 2.20. The molecule has 110 valence electrons. The van der Waals surface area contributed by atoms with Gasteiger partial charge in [0.25, 0.3) is 0 Å². The first-order valence-corrected chi connectivity index (χ1v) is 6.72. The minimum atomic E-state index is -1.07. The van der Waals surface area contributed by atoms with Crippen LogP contribution in [0, 0.1) is 6.92 Å². The monoisotopic (exact) mass is 285 g/mol. The molecule has 21 heavy (non-hydrogen) atoms. The third-order valence-corrected chi connectivity index (χ3v) is 2.76. The van der Waals surface area contributed by atoms with Crippen molar-refractivity contribution >= 4 is 11.8 Å². The van der Waals surface area contributed by atoms with Crippen LogP contribution in [-0.2, 0) is 0 Å². The first kappa shape index (κ1) is 15.0. The highest BCUT2D eigenvalue weighted by atomic mass is 16.4. The fourth-order valence-corrected chi connectivity index (χ4v) is 1.84. The number of nitrogens with zero attached hydrogens (tertiary/aromatic N) is 2. The van der Waals surface area contributed by atoms with E-state index in [0.717, 1.165) is 11.1 Å². The summed E-state index contributed by atoms with van der Waals surface area (Å²) in [6.07, 6.45) is 0. The second kappa shape index (κ2) is 5.52. The molecule has 0 aliphatic heterocycles. The molecule has 0 unspecified atom stereocenters. The summed E-state index contributed by atoms with van der Waals surface area (Å²) in [6.45, 7) is 7.95. The number of rotatable bonds is 3. The van der Waals surface area contributed by atoms with E-state index >= 15 is 0 Å². The maximum absolute atomic E-state index is 11.2. The molecule has 0 bridgehead atoms. The van der Waals surface area contributed by atoms with Crippen molar-refractivity contribution in [2.45, 2.75) is 33.2 Å². The summed E-state index contributed by atoms with van der Waals surface area (Å²) in [4.78, 5) is 19.8. The van der Waals surface area contributed by atoms with Gasteiger partial charge in [-0.15, -0.1) is 0 Å². The third-order valence-electron chi connectivity index (χ3n) is 2.76. The van der Waals surface area contributed by atoms with E-state index in [1.165, 1.54) is 6.07 Å². The zero-order valence-corrected chi connectivity index (χ0v) is 12.6. The number of hydrogen-bond acceptors (Lipinski definition) is 4. The molecule has 2 aromatic rings. The SMILES string of the molecule is Cc1ccc(-c2nc(NC(C)(C)C)cc(C(=O)O)n2)cc1. The third kappa shape index (κ3) is 4.02. The number of carboxylic acid groups (broad SMARTS) is 1. The number of nitrogens with one attached hydrogen (secondary N) is 1. The molecule has 0 aliphatic rings. The molecule has 0 saturated carbocycles.